The van der Waals surface area contributed by atoms with Crippen molar-refractivity contribution in [3.8, 4) is 0 Å². The molecule has 7 heteroatoms. The highest BCUT2D eigenvalue weighted by molar-refractivity contribution is 5.97. The Kier molecular flexibility index (Phi) is 5.86. The van der Waals surface area contributed by atoms with Gasteiger partial charge in [0.25, 0.3) is 5.91 Å². The van der Waals surface area contributed by atoms with E-state index in [1.54, 1.807) is 0 Å². The Morgan fingerprint density at radius 1 is 1.40 bits per heavy atom. The summed E-state index contributed by atoms with van der Waals surface area (Å²) < 4.78 is 5.70. The summed E-state index contributed by atoms with van der Waals surface area (Å²) in [4.78, 5) is 20.6. The van der Waals surface area contributed by atoms with Gasteiger partial charge in [-0.3, -0.25) is 4.79 Å². The second-order valence-corrected chi connectivity index (χ2v) is 7.12. The third kappa shape index (κ3) is 4.46. The molecule has 2 aliphatic rings. The zero-order valence-corrected chi connectivity index (χ0v) is 14.8. The van der Waals surface area contributed by atoms with Gasteiger partial charge in [-0.05, 0) is 51.4 Å². The molecule has 2 fully saturated rings. The van der Waals surface area contributed by atoms with E-state index in [1.807, 2.05) is 6.92 Å². The zero-order valence-electron chi connectivity index (χ0n) is 14.8. The van der Waals surface area contributed by atoms with Gasteiger partial charge >= 0.3 is 0 Å². The molecule has 25 heavy (non-hydrogen) atoms. The number of amides is 1. The van der Waals surface area contributed by atoms with Gasteiger partial charge in [0.15, 0.2) is 0 Å². The summed E-state index contributed by atoms with van der Waals surface area (Å²) in [5, 5.41) is 13.2. The Hall–Kier alpha value is -1.73. The summed E-state index contributed by atoms with van der Waals surface area (Å²) in [5.41, 5.74) is 5.73. The van der Waals surface area contributed by atoms with Gasteiger partial charge in [0.1, 0.15) is 11.6 Å². The Morgan fingerprint density at radius 3 is 2.92 bits per heavy atom. The highest BCUT2D eigenvalue weighted by atomic mass is 16.5. The fourth-order valence-electron chi connectivity index (χ4n) is 3.95. The third-order valence-electron chi connectivity index (χ3n) is 5.27. The lowest BCUT2D eigenvalue weighted by Gasteiger charge is -2.19. The number of ether oxygens (including phenoxy) is 1. The maximum atomic E-state index is 11.7. The van der Waals surface area contributed by atoms with Gasteiger partial charge in [0.2, 0.25) is 0 Å². The van der Waals surface area contributed by atoms with Gasteiger partial charge in [-0.25, -0.2) is 9.97 Å². The average Bonchev–Trinajstić information content (AvgIpc) is 3.17. The summed E-state index contributed by atoms with van der Waals surface area (Å²) in [5.74, 6) is 1.10. The maximum Gasteiger partial charge on any atom is 0.254 e. The number of aromatic nitrogens is 2. The van der Waals surface area contributed by atoms with Crippen molar-refractivity contribution >= 4 is 11.7 Å². The molecule has 7 nitrogen and oxygen atoms in total. The van der Waals surface area contributed by atoms with Crippen molar-refractivity contribution < 1.29 is 14.6 Å². The Bertz CT molecular complexity index is 610. The minimum atomic E-state index is -0.557. The standard InChI is InChI=1S/C18H28N4O3/c1-2-25-12-7-6-11(8-12)9-16-20-10-13(17(19)24)18(22-16)21-14-4-3-5-15(14)23/h10-12,14-15,23H,2-9H2,1H3,(H2,19,24)(H,20,21,22)/t11-,12-,14+,15+/m1/s1. The molecular formula is C18H28N4O3. The first kappa shape index (κ1) is 18.1. The van der Waals surface area contributed by atoms with Crippen LogP contribution < -0.4 is 11.1 Å². The van der Waals surface area contributed by atoms with Crippen molar-refractivity contribution in [2.75, 3.05) is 11.9 Å². The van der Waals surface area contributed by atoms with Crippen molar-refractivity contribution in [3.63, 3.8) is 0 Å². The van der Waals surface area contributed by atoms with Crippen LogP contribution in [0.25, 0.3) is 0 Å². The highest BCUT2D eigenvalue weighted by Gasteiger charge is 2.28. The molecule has 0 spiro atoms. The zero-order chi connectivity index (χ0) is 17.8. The smallest absolute Gasteiger partial charge is 0.254 e. The summed E-state index contributed by atoms with van der Waals surface area (Å²) in [6, 6.07) is -0.0883. The third-order valence-corrected chi connectivity index (χ3v) is 5.27. The summed E-state index contributed by atoms with van der Waals surface area (Å²) in [6.07, 6.45) is 8.00. The largest absolute Gasteiger partial charge is 0.391 e. The molecule has 4 atom stereocenters. The minimum absolute atomic E-state index is 0.0883. The minimum Gasteiger partial charge on any atom is -0.391 e. The highest BCUT2D eigenvalue weighted by Crippen LogP contribution is 2.30. The molecule has 138 valence electrons. The van der Waals surface area contributed by atoms with Crippen LogP contribution in [0.1, 0.15) is 61.6 Å². The lowest BCUT2D eigenvalue weighted by molar-refractivity contribution is 0.0654. The van der Waals surface area contributed by atoms with Crippen LogP contribution in [0.4, 0.5) is 5.82 Å². The van der Waals surface area contributed by atoms with E-state index in [1.165, 1.54) is 6.20 Å². The molecule has 0 aliphatic heterocycles. The van der Waals surface area contributed by atoms with Crippen LogP contribution in [0.15, 0.2) is 6.20 Å². The van der Waals surface area contributed by atoms with Crippen LogP contribution in [0.3, 0.4) is 0 Å². The molecule has 1 aromatic rings. The summed E-state index contributed by atoms with van der Waals surface area (Å²) >= 11 is 0. The molecule has 0 unspecified atom stereocenters. The molecule has 2 saturated carbocycles. The first-order valence-corrected chi connectivity index (χ1v) is 9.28. The van der Waals surface area contributed by atoms with Crippen LogP contribution in [0.2, 0.25) is 0 Å². The topological polar surface area (TPSA) is 110 Å². The summed E-state index contributed by atoms with van der Waals surface area (Å²) in [7, 11) is 0. The van der Waals surface area contributed by atoms with Crippen molar-refractivity contribution in [1.29, 1.82) is 0 Å². The van der Waals surface area contributed by atoms with Crippen LogP contribution in [-0.4, -0.2) is 45.8 Å². The second-order valence-electron chi connectivity index (χ2n) is 7.12. The molecule has 1 heterocycles. The first-order chi connectivity index (χ1) is 12.1. The molecule has 2 aliphatic carbocycles. The number of carbonyl (C=O) groups is 1. The van der Waals surface area contributed by atoms with Gasteiger partial charge in [-0.15, -0.1) is 0 Å². The van der Waals surface area contributed by atoms with E-state index in [9.17, 15) is 9.90 Å². The van der Waals surface area contributed by atoms with Gasteiger partial charge in [-0.2, -0.15) is 0 Å². The molecule has 4 N–H and O–H groups in total. The predicted molar refractivity (Wildman–Crippen MR) is 94.3 cm³/mol. The predicted octanol–water partition coefficient (Wildman–Crippen LogP) is 1.65. The normalized spacial score (nSPS) is 29.0. The van der Waals surface area contributed by atoms with E-state index < -0.39 is 12.0 Å². The number of rotatable bonds is 7. The Morgan fingerprint density at radius 2 is 2.24 bits per heavy atom. The van der Waals surface area contributed by atoms with E-state index in [0.717, 1.165) is 51.6 Å². The van der Waals surface area contributed by atoms with Crippen LogP contribution in [0.5, 0.6) is 0 Å². The summed E-state index contributed by atoms with van der Waals surface area (Å²) in [6.45, 7) is 2.77. The number of carbonyl (C=O) groups excluding carboxylic acids is 1. The van der Waals surface area contributed by atoms with Crippen molar-refractivity contribution in [1.82, 2.24) is 9.97 Å². The SMILES string of the molecule is CCO[C@@H]1CC[C@@H](Cc2ncc(C(N)=O)c(N[C@H]3CCC[C@@H]3O)n2)C1. The lowest BCUT2D eigenvalue weighted by Crippen LogP contribution is -2.30. The fraction of sp³-hybridized carbons (Fsp3) is 0.722. The van der Waals surface area contributed by atoms with Crippen molar-refractivity contribution in [2.45, 2.75) is 70.1 Å². The maximum absolute atomic E-state index is 11.7. The van der Waals surface area contributed by atoms with Gasteiger partial charge in [-0.1, -0.05) is 0 Å². The molecule has 0 aromatic carbocycles. The van der Waals surface area contributed by atoms with E-state index in [4.69, 9.17) is 10.5 Å². The number of aliphatic hydroxyl groups is 1. The monoisotopic (exact) mass is 348 g/mol. The van der Waals surface area contributed by atoms with Crippen LogP contribution in [-0.2, 0) is 11.2 Å². The number of nitrogens with two attached hydrogens (primary N) is 1. The number of nitrogens with one attached hydrogen (secondary N) is 1. The quantitative estimate of drug-likeness (QED) is 0.691. The van der Waals surface area contributed by atoms with Gasteiger partial charge in [0, 0.05) is 19.2 Å². The molecule has 0 bridgehead atoms. The Labute approximate surface area is 148 Å². The number of hydrogen-bond acceptors (Lipinski definition) is 6. The van der Waals surface area contributed by atoms with Gasteiger partial charge < -0.3 is 20.9 Å². The molecule has 1 aromatic heterocycles. The molecule has 1 amide bonds. The van der Waals surface area contributed by atoms with Crippen LogP contribution in [0, 0.1) is 5.92 Å². The van der Waals surface area contributed by atoms with Gasteiger partial charge in [0.05, 0.1) is 23.8 Å². The molecule has 0 saturated heterocycles. The van der Waals surface area contributed by atoms with E-state index >= 15 is 0 Å². The van der Waals surface area contributed by atoms with Crippen molar-refractivity contribution in [2.24, 2.45) is 11.7 Å². The molecular weight excluding hydrogens is 320 g/mol. The van der Waals surface area contributed by atoms with Crippen molar-refractivity contribution in [3.05, 3.63) is 17.6 Å². The average molecular weight is 348 g/mol. The number of primary amides is 1. The second kappa shape index (κ2) is 8.10. The number of nitrogens with zero attached hydrogens (tertiary/aromatic N) is 2. The molecule has 0 radical (unpaired) electrons. The van der Waals surface area contributed by atoms with E-state index in [-0.39, 0.29) is 11.6 Å². The number of anilines is 1. The number of aliphatic hydroxyl groups excluding tert-OH is 1. The first-order valence-electron chi connectivity index (χ1n) is 9.28. The van der Waals surface area contributed by atoms with E-state index in [0.29, 0.717) is 23.7 Å². The fourth-order valence-corrected chi connectivity index (χ4v) is 3.95. The lowest BCUT2D eigenvalue weighted by atomic mass is 10.0. The van der Waals surface area contributed by atoms with Crippen LogP contribution >= 0.6 is 0 Å². The number of hydrogen-bond donors (Lipinski definition) is 3. The Balaban J connectivity index is 1.70. The van der Waals surface area contributed by atoms with E-state index in [2.05, 4.69) is 15.3 Å². The molecule has 3 rings (SSSR count).